The minimum atomic E-state index is 0.377. The van der Waals surface area contributed by atoms with E-state index in [1.807, 2.05) is 30.5 Å². The van der Waals surface area contributed by atoms with E-state index in [-0.39, 0.29) is 0 Å². The highest BCUT2D eigenvalue weighted by Crippen LogP contribution is 2.29. The van der Waals surface area contributed by atoms with Crippen LogP contribution in [0.25, 0.3) is 0 Å². The van der Waals surface area contributed by atoms with Crippen LogP contribution in [-0.4, -0.2) is 16.2 Å². The molecule has 0 unspecified atom stereocenters. The molecule has 0 atom stereocenters. The second-order valence-corrected chi connectivity index (χ2v) is 5.03. The molecule has 1 aromatic carbocycles. The summed E-state index contributed by atoms with van der Waals surface area (Å²) in [6.45, 7) is 0. The lowest BCUT2D eigenvalue weighted by molar-refractivity contribution is 0.431. The lowest BCUT2D eigenvalue weighted by atomic mass is 10.3. The van der Waals surface area contributed by atoms with Gasteiger partial charge in [0.2, 0.25) is 0 Å². The maximum Gasteiger partial charge on any atom is 0.321 e. The predicted molar refractivity (Wildman–Crippen MR) is 73.0 cm³/mol. The average Bonchev–Trinajstić information content (AvgIpc) is 2.33. The van der Waals surface area contributed by atoms with Crippen molar-refractivity contribution in [2.24, 2.45) is 0 Å². The van der Waals surface area contributed by atoms with Gasteiger partial charge in [-0.1, -0.05) is 12.1 Å². The molecule has 0 radical (unpaired) electrons. The van der Waals surface area contributed by atoms with Crippen molar-refractivity contribution in [1.82, 2.24) is 9.97 Å². The number of hydrogen-bond donors (Lipinski definition) is 0. The molecule has 0 amide bonds. The number of rotatable bonds is 3. The molecule has 0 aliphatic heterocycles. The van der Waals surface area contributed by atoms with E-state index in [1.165, 1.54) is 0 Å². The maximum atomic E-state index is 5.61. The molecule has 0 fully saturated rings. The van der Waals surface area contributed by atoms with Crippen LogP contribution in [-0.2, 0) is 0 Å². The van der Waals surface area contributed by atoms with Gasteiger partial charge in [-0.15, -0.1) is 11.8 Å². The molecule has 0 aliphatic carbocycles. The Kier molecular flexibility index (Phi) is 4.00. The Morgan fingerprint density at radius 3 is 2.56 bits per heavy atom. The fraction of sp³-hybridized carbons (Fsp3) is 0.0909. The van der Waals surface area contributed by atoms with Crippen LogP contribution < -0.4 is 4.74 Å². The first-order valence-corrected chi connectivity index (χ1v) is 6.88. The molecule has 0 saturated carbocycles. The number of thioether (sulfide) groups is 1. The summed E-state index contributed by atoms with van der Waals surface area (Å²) >= 11 is 3.79. The quantitative estimate of drug-likeness (QED) is 0.630. The number of ether oxygens (including phenoxy) is 1. The van der Waals surface area contributed by atoms with Crippen LogP contribution in [0.3, 0.4) is 0 Å². The molecular weight excluding hydrogens is 335 g/mol. The van der Waals surface area contributed by atoms with Gasteiger partial charge >= 0.3 is 6.01 Å². The minimum absolute atomic E-state index is 0.377. The van der Waals surface area contributed by atoms with Gasteiger partial charge in [0.1, 0.15) is 5.75 Å². The molecule has 82 valence electrons. The lowest BCUT2D eigenvalue weighted by Gasteiger charge is -2.07. The van der Waals surface area contributed by atoms with Crippen molar-refractivity contribution in [2.45, 2.75) is 4.90 Å². The third kappa shape index (κ3) is 2.85. The number of halogens is 1. The zero-order valence-electron chi connectivity index (χ0n) is 8.55. The summed E-state index contributed by atoms with van der Waals surface area (Å²) in [6.07, 6.45) is 5.46. The van der Waals surface area contributed by atoms with E-state index in [4.69, 9.17) is 4.74 Å². The Morgan fingerprint density at radius 1 is 1.19 bits per heavy atom. The van der Waals surface area contributed by atoms with Crippen LogP contribution in [0.2, 0.25) is 0 Å². The molecule has 1 aromatic heterocycles. The van der Waals surface area contributed by atoms with Crippen molar-refractivity contribution in [2.75, 3.05) is 6.26 Å². The highest BCUT2D eigenvalue weighted by Gasteiger charge is 2.04. The van der Waals surface area contributed by atoms with Gasteiger partial charge in [0.05, 0.1) is 0 Å². The van der Waals surface area contributed by atoms with E-state index >= 15 is 0 Å². The van der Waals surface area contributed by atoms with Crippen molar-refractivity contribution in [3.05, 3.63) is 40.2 Å². The van der Waals surface area contributed by atoms with Crippen LogP contribution in [0, 0.1) is 3.57 Å². The first kappa shape index (κ1) is 11.7. The van der Waals surface area contributed by atoms with Crippen molar-refractivity contribution in [1.29, 1.82) is 0 Å². The Labute approximate surface area is 112 Å². The number of nitrogens with zero attached hydrogens (tertiary/aromatic N) is 2. The van der Waals surface area contributed by atoms with Gasteiger partial charge in [0.25, 0.3) is 0 Å². The van der Waals surface area contributed by atoms with Crippen LogP contribution >= 0.6 is 34.4 Å². The zero-order valence-corrected chi connectivity index (χ0v) is 11.5. The SMILES string of the molecule is CSc1ccccc1Oc1ncc(I)cn1. The Balaban J connectivity index is 2.23. The first-order valence-electron chi connectivity index (χ1n) is 4.58. The van der Waals surface area contributed by atoms with Crippen LogP contribution in [0.15, 0.2) is 41.6 Å². The normalized spacial score (nSPS) is 10.1. The fourth-order valence-corrected chi connectivity index (χ4v) is 1.96. The van der Waals surface area contributed by atoms with Crippen molar-refractivity contribution < 1.29 is 4.74 Å². The smallest absolute Gasteiger partial charge is 0.321 e. The topological polar surface area (TPSA) is 35.0 Å². The van der Waals surface area contributed by atoms with Crippen LogP contribution in [0.1, 0.15) is 0 Å². The molecule has 0 aliphatic rings. The highest BCUT2D eigenvalue weighted by atomic mass is 127. The number of hydrogen-bond acceptors (Lipinski definition) is 4. The zero-order chi connectivity index (χ0) is 11.4. The Bertz CT molecular complexity index is 476. The summed E-state index contributed by atoms with van der Waals surface area (Å²) in [7, 11) is 0. The van der Waals surface area contributed by atoms with Crippen LogP contribution in [0.5, 0.6) is 11.8 Å². The van der Waals surface area contributed by atoms with Gasteiger partial charge in [-0.05, 0) is 41.0 Å². The van der Waals surface area contributed by atoms with Gasteiger partial charge in [-0.3, -0.25) is 0 Å². The van der Waals surface area contributed by atoms with E-state index in [9.17, 15) is 0 Å². The standard InChI is InChI=1S/C11H9IN2OS/c1-16-10-5-3-2-4-9(10)15-11-13-6-8(12)7-14-11/h2-7H,1H3. The van der Waals surface area contributed by atoms with E-state index < -0.39 is 0 Å². The molecule has 5 heteroatoms. The van der Waals surface area contributed by atoms with Crippen molar-refractivity contribution in [3.8, 4) is 11.8 Å². The highest BCUT2D eigenvalue weighted by molar-refractivity contribution is 14.1. The molecule has 3 nitrogen and oxygen atoms in total. The first-order chi connectivity index (χ1) is 7.79. The molecule has 2 rings (SSSR count). The number of benzene rings is 1. The molecular formula is C11H9IN2OS. The molecule has 1 heterocycles. The van der Waals surface area contributed by atoms with E-state index in [0.717, 1.165) is 14.2 Å². The summed E-state index contributed by atoms with van der Waals surface area (Å²) in [5.74, 6) is 0.788. The fourth-order valence-electron chi connectivity index (χ4n) is 1.15. The van der Waals surface area contributed by atoms with Crippen LogP contribution in [0.4, 0.5) is 0 Å². The summed E-state index contributed by atoms with van der Waals surface area (Å²) < 4.78 is 6.60. The summed E-state index contributed by atoms with van der Waals surface area (Å²) in [5.41, 5.74) is 0. The van der Waals surface area contributed by atoms with Gasteiger partial charge in [0.15, 0.2) is 0 Å². The molecule has 2 aromatic rings. The van der Waals surface area contributed by atoms with Gasteiger partial charge in [-0.2, -0.15) is 0 Å². The summed E-state index contributed by atoms with van der Waals surface area (Å²) in [4.78, 5) is 9.27. The third-order valence-electron chi connectivity index (χ3n) is 1.87. The molecule has 0 N–H and O–H groups in total. The van der Waals surface area contributed by atoms with Gasteiger partial charge < -0.3 is 4.74 Å². The molecule has 0 spiro atoms. The largest absolute Gasteiger partial charge is 0.423 e. The Morgan fingerprint density at radius 2 is 1.88 bits per heavy atom. The molecule has 0 saturated heterocycles. The average molecular weight is 344 g/mol. The van der Waals surface area contributed by atoms with E-state index in [2.05, 4.69) is 32.6 Å². The minimum Gasteiger partial charge on any atom is -0.423 e. The molecule has 16 heavy (non-hydrogen) atoms. The third-order valence-corrected chi connectivity index (χ3v) is 3.20. The monoisotopic (exact) mass is 344 g/mol. The lowest BCUT2D eigenvalue weighted by Crippen LogP contribution is -1.92. The summed E-state index contributed by atoms with van der Waals surface area (Å²) in [6, 6.07) is 8.21. The van der Waals surface area contributed by atoms with E-state index in [0.29, 0.717) is 6.01 Å². The van der Waals surface area contributed by atoms with Gasteiger partial charge in [0, 0.05) is 20.9 Å². The maximum absolute atomic E-state index is 5.61. The van der Waals surface area contributed by atoms with Gasteiger partial charge in [-0.25, -0.2) is 9.97 Å². The molecule has 0 bridgehead atoms. The number of aromatic nitrogens is 2. The van der Waals surface area contributed by atoms with E-state index in [1.54, 1.807) is 24.2 Å². The van der Waals surface area contributed by atoms with Crippen molar-refractivity contribution in [3.63, 3.8) is 0 Å². The Hall–Kier alpha value is -0.820. The second-order valence-electron chi connectivity index (χ2n) is 2.94. The predicted octanol–water partition coefficient (Wildman–Crippen LogP) is 3.60. The van der Waals surface area contributed by atoms with Crippen molar-refractivity contribution >= 4 is 34.4 Å². The second kappa shape index (κ2) is 5.49. The number of para-hydroxylation sites is 1. The summed E-state index contributed by atoms with van der Waals surface area (Å²) in [5, 5.41) is 0.